The highest BCUT2D eigenvalue weighted by Crippen LogP contribution is 2.18. The molecule has 0 radical (unpaired) electrons. The fraction of sp³-hybridized carbons (Fsp3) is 0.316. The molecule has 0 atom stereocenters. The molecule has 0 unspecified atom stereocenters. The zero-order valence-corrected chi connectivity index (χ0v) is 16.1. The van der Waals surface area contributed by atoms with E-state index in [1.807, 2.05) is 6.92 Å². The topological polar surface area (TPSA) is 75.7 Å². The molecule has 0 spiro atoms. The number of carbonyl (C=O) groups is 1. The highest BCUT2D eigenvalue weighted by Gasteiger charge is 2.15. The minimum Gasteiger partial charge on any atom is -0.382 e. The van der Waals surface area contributed by atoms with Gasteiger partial charge in [-0.1, -0.05) is 24.3 Å². The molecular formula is C19H23FN2O4S. The summed E-state index contributed by atoms with van der Waals surface area (Å²) < 4.78 is 41.4. The zero-order valence-electron chi connectivity index (χ0n) is 15.3. The first-order valence-corrected chi connectivity index (χ1v) is 10.2. The Morgan fingerprint density at radius 2 is 1.74 bits per heavy atom. The molecule has 1 N–H and O–H groups in total. The molecule has 0 bridgehead atoms. The second-order valence-corrected chi connectivity index (χ2v) is 7.75. The second-order valence-electron chi connectivity index (χ2n) is 5.90. The third-order valence-electron chi connectivity index (χ3n) is 3.75. The van der Waals surface area contributed by atoms with Gasteiger partial charge in [0.2, 0.25) is 0 Å². The Labute approximate surface area is 159 Å². The molecular weight excluding hydrogens is 371 g/mol. The van der Waals surface area contributed by atoms with Crippen molar-refractivity contribution >= 4 is 16.1 Å². The summed E-state index contributed by atoms with van der Waals surface area (Å²) in [4.78, 5) is 14.0. The van der Waals surface area contributed by atoms with Gasteiger partial charge in [0.1, 0.15) is 11.6 Å². The van der Waals surface area contributed by atoms with Gasteiger partial charge < -0.3 is 14.4 Å². The quantitative estimate of drug-likeness (QED) is 0.697. The van der Waals surface area contributed by atoms with Crippen LogP contribution in [0.25, 0.3) is 0 Å². The Balaban J connectivity index is 2.19. The van der Waals surface area contributed by atoms with Gasteiger partial charge in [-0.05, 0) is 49.2 Å². The van der Waals surface area contributed by atoms with Gasteiger partial charge in [0.25, 0.3) is 0 Å². The number of hydrogen-bond donors (Lipinski definition) is 1. The number of carbonyl (C=O) groups excluding carboxylic acids is 1. The molecule has 27 heavy (non-hydrogen) atoms. The first-order valence-electron chi connectivity index (χ1n) is 8.61. The van der Waals surface area contributed by atoms with Crippen molar-refractivity contribution in [2.45, 2.75) is 26.9 Å². The van der Waals surface area contributed by atoms with E-state index in [1.165, 1.54) is 19.1 Å². The van der Waals surface area contributed by atoms with E-state index in [-0.39, 0.29) is 36.4 Å². The van der Waals surface area contributed by atoms with Crippen molar-refractivity contribution in [3.63, 3.8) is 0 Å². The maximum atomic E-state index is 13.1. The summed E-state index contributed by atoms with van der Waals surface area (Å²) in [6, 6.07) is 12.2. The Bertz CT molecular complexity index is 870. The van der Waals surface area contributed by atoms with Crippen LogP contribution in [0.1, 0.15) is 25.0 Å². The molecule has 0 aromatic heterocycles. The highest BCUT2D eigenvalue weighted by molar-refractivity contribution is 7.87. The summed E-state index contributed by atoms with van der Waals surface area (Å²) in [6.07, 6.45) is 0. The number of urea groups is 1. The van der Waals surface area contributed by atoms with Crippen molar-refractivity contribution in [1.82, 2.24) is 10.2 Å². The Kier molecular flexibility index (Phi) is 7.18. The van der Waals surface area contributed by atoms with E-state index in [1.54, 1.807) is 41.3 Å². The minimum atomic E-state index is -3.62. The molecule has 2 rings (SSSR count). The van der Waals surface area contributed by atoms with Crippen LogP contribution in [0.3, 0.4) is 0 Å². The molecule has 0 aliphatic rings. The number of benzene rings is 2. The molecule has 6 nitrogen and oxygen atoms in total. The summed E-state index contributed by atoms with van der Waals surface area (Å²) in [5.74, 6) is -0.274. The number of hydrogen-bond acceptors (Lipinski definition) is 4. The van der Waals surface area contributed by atoms with Gasteiger partial charge in [-0.3, -0.25) is 0 Å². The molecule has 2 aromatic rings. The first kappa shape index (κ1) is 20.7. The molecule has 0 saturated heterocycles. The summed E-state index contributed by atoms with van der Waals surface area (Å²) in [5, 5.41) is 2.75. The van der Waals surface area contributed by atoms with Crippen molar-refractivity contribution in [3.8, 4) is 5.75 Å². The van der Waals surface area contributed by atoms with Crippen LogP contribution in [0.4, 0.5) is 9.18 Å². The summed E-state index contributed by atoms with van der Waals surface area (Å²) in [7, 11) is -3.62. The third kappa shape index (κ3) is 6.56. The van der Waals surface area contributed by atoms with E-state index in [0.29, 0.717) is 12.1 Å². The zero-order chi connectivity index (χ0) is 19.9. The van der Waals surface area contributed by atoms with Crippen molar-refractivity contribution in [2.75, 3.05) is 12.3 Å². The lowest BCUT2D eigenvalue weighted by molar-refractivity contribution is 0.193. The summed E-state index contributed by atoms with van der Waals surface area (Å²) >= 11 is 0. The van der Waals surface area contributed by atoms with Gasteiger partial charge in [0, 0.05) is 19.6 Å². The predicted molar refractivity (Wildman–Crippen MR) is 101 cm³/mol. The van der Waals surface area contributed by atoms with Gasteiger partial charge in [-0.15, -0.1) is 0 Å². The van der Waals surface area contributed by atoms with Crippen molar-refractivity contribution < 1.29 is 21.8 Å². The maximum Gasteiger partial charge on any atom is 0.317 e. The van der Waals surface area contributed by atoms with Crippen molar-refractivity contribution in [1.29, 1.82) is 0 Å². The SMILES string of the molecule is CCNC(=O)N(Cc1ccc(F)cc1)Cc1cccc(OS(=O)(=O)CC)c1. The van der Waals surface area contributed by atoms with E-state index >= 15 is 0 Å². The maximum absolute atomic E-state index is 13.1. The summed E-state index contributed by atoms with van der Waals surface area (Å²) in [6.45, 7) is 4.31. The van der Waals surface area contributed by atoms with Crippen LogP contribution in [0.2, 0.25) is 0 Å². The van der Waals surface area contributed by atoms with Gasteiger partial charge in [-0.2, -0.15) is 8.42 Å². The van der Waals surface area contributed by atoms with Crippen LogP contribution in [-0.4, -0.2) is 31.6 Å². The third-order valence-corrected chi connectivity index (χ3v) is 4.90. The van der Waals surface area contributed by atoms with Crippen LogP contribution in [0.15, 0.2) is 48.5 Å². The highest BCUT2D eigenvalue weighted by atomic mass is 32.2. The smallest absolute Gasteiger partial charge is 0.317 e. The van der Waals surface area contributed by atoms with Gasteiger partial charge >= 0.3 is 16.1 Å². The van der Waals surface area contributed by atoms with E-state index in [9.17, 15) is 17.6 Å². The van der Waals surface area contributed by atoms with E-state index in [4.69, 9.17) is 4.18 Å². The second kappa shape index (κ2) is 9.36. The normalized spacial score (nSPS) is 11.1. The Morgan fingerprint density at radius 1 is 1.07 bits per heavy atom. The minimum absolute atomic E-state index is 0.132. The molecule has 146 valence electrons. The molecule has 0 fully saturated rings. The molecule has 2 aromatic carbocycles. The lowest BCUT2D eigenvalue weighted by Gasteiger charge is -2.23. The number of halogens is 1. The monoisotopic (exact) mass is 394 g/mol. The lowest BCUT2D eigenvalue weighted by atomic mass is 10.1. The Morgan fingerprint density at radius 3 is 2.37 bits per heavy atom. The first-order chi connectivity index (χ1) is 12.8. The molecule has 0 aliphatic carbocycles. The molecule has 0 saturated carbocycles. The van der Waals surface area contributed by atoms with E-state index in [0.717, 1.165) is 5.56 Å². The average molecular weight is 394 g/mol. The number of amides is 2. The summed E-state index contributed by atoms with van der Waals surface area (Å²) in [5.41, 5.74) is 1.50. The number of rotatable bonds is 8. The largest absolute Gasteiger partial charge is 0.382 e. The molecule has 0 heterocycles. The van der Waals surface area contributed by atoms with Crippen molar-refractivity contribution in [3.05, 3.63) is 65.5 Å². The van der Waals surface area contributed by atoms with Gasteiger partial charge in [0.05, 0.1) is 5.75 Å². The lowest BCUT2D eigenvalue weighted by Crippen LogP contribution is -2.38. The van der Waals surface area contributed by atoms with Gasteiger partial charge in [-0.25, -0.2) is 9.18 Å². The molecule has 2 amide bonds. The van der Waals surface area contributed by atoms with Gasteiger partial charge in [0.15, 0.2) is 0 Å². The van der Waals surface area contributed by atoms with Crippen molar-refractivity contribution in [2.24, 2.45) is 0 Å². The van der Waals surface area contributed by atoms with Crippen LogP contribution < -0.4 is 9.50 Å². The number of nitrogens with zero attached hydrogens (tertiary/aromatic N) is 1. The molecule has 0 aliphatic heterocycles. The Hall–Kier alpha value is -2.61. The fourth-order valence-corrected chi connectivity index (χ4v) is 2.91. The van der Waals surface area contributed by atoms with E-state index < -0.39 is 10.1 Å². The predicted octanol–water partition coefficient (Wildman–Crippen LogP) is 3.29. The molecule has 8 heteroatoms. The van der Waals surface area contributed by atoms with Crippen LogP contribution in [-0.2, 0) is 23.2 Å². The van der Waals surface area contributed by atoms with Crippen LogP contribution in [0.5, 0.6) is 5.75 Å². The van der Waals surface area contributed by atoms with Crippen LogP contribution >= 0.6 is 0 Å². The standard InChI is InChI=1S/C19H23FN2O4S/c1-3-21-19(23)22(13-15-8-10-17(20)11-9-15)14-16-6-5-7-18(12-16)26-27(24,25)4-2/h5-12H,3-4,13-14H2,1-2H3,(H,21,23). The number of nitrogens with one attached hydrogen (secondary N) is 1. The average Bonchev–Trinajstić information content (AvgIpc) is 2.63. The fourth-order valence-electron chi connectivity index (χ4n) is 2.39. The van der Waals surface area contributed by atoms with Crippen LogP contribution in [0, 0.1) is 5.82 Å². The van der Waals surface area contributed by atoms with E-state index in [2.05, 4.69) is 5.32 Å².